The topological polar surface area (TPSA) is 76.0 Å². The smallest absolute Gasteiger partial charge is 0.122 e. The van der Waals surface area contributed by atoms with Crippen molar-refractivity contribution >= 4 is 5.69 Å². The van der Waals surface area contributed by atoms with E-state index >= 15 is 0 Å². The molecule has 0 saturated carbocycles. The molecule has 1 aromatic carbocycles. The predicted molar refractivity (Wildman–Crippen MR) is 79.0 cm³/mol. The number of anilines is 1. The summed E-state index contributed by atoms with van der Waals surface area (Å²) in [6.45, 7) is 5.82. The second kappa shape index (κ2) is 6.43. The number of nitrogens with zero attached hydrogens (tertiary/aromatic N) is 1. The molecule has 3 unspecified atom stereocenters. The molecular formula is C15H24N2O3. The Morgan fingerprint density at radius 2 is 1.95 bits per heavy atom. The van der Waals surface area contributed by atoms with Gasteiger partial charge in [-0.1, -0.05) is 13.0 Å². The summed E-state index contributed by atoms with van der Waals surface area (Å²) in [6.07, 6.45) is -0.392. The molecule has 0 bridgehead atoms. The third kappa shape index (κ3) is 3.23. The Bertz CT molecular complexity index is 443. The van der Waals surface area contributed by atoms with Gasteiger partial charge in [0.2, 0.25) is 0 Å². The Labute approximate surface area is 119 Å². The number of rotatable bonds is 5. The second-order valence-corrected chi connectivity index (χ2v) is 5.46. The highest BCUT2D eigenvalue weighted by atomic mass is 16.3. The zero-order chi connectivity index (χ0) is 14.7. The molecule has 1 aliphatic rings. The largest absolute Gasteiger partial charge is 0.508 e. The van der Waals surface area contributed by atoms with Crippen LogP contribution in [0.1, 0.15) is 31.9 Å². The fourth-order valence-corrected chi connectivity index (χ4v) is 2.55. The first-order valence-corrected chi connectivity index (χ1v) is 7.20. The predicted octanol–water partition coefficient (Wildman–Crippen LogP) is 0.995. The summed E-state index contributed by atoms with van der Waals surface area (Å²) in [7, 11) is 0. The first-order valence-electron chi connectivity index (χ1n) is 7.20. The lowest BCUT2D eigenvalue weighted by Crippen LogP contribution is -2.22. The highest BCUT2D eigenvalue weighted by molar-refractivity contribution is 5.55. The molecule has 3 atom stereocenters. The van der Waals surface area contributed by atoms with Crippen LogP contribution in [0.3, 0.4) is 0 Å². The molecule has 0 radical (unpaired) electrons. The highest BCUT2D eigenvalue weighted by Gasteiger charge is 2.29. The monoisotopic (exact) mass is 280 g/mol. The van der Waals surface area contributed by atoms with Gasteiger partial charge in [-0.25, -0.2) is 0 Å². The summed E-state index contributed by atoms with van der Waals surface area (Å²) in [4.78, 5) is 1.88. The van der Waals surface area contributed by atoms with Crippen LogP contribution in [0.2, 0.25) is 0 Å². The van der Waals surface area contributed by atoms with Crippen molar-refractivity contribution < 1.29 is 15.3 Å². The number of phenolic OH excluding ortho intramolecular Hbond substituents is 1. The average Bonchev–Trinajstić information content (AvgIpc) is 2.76. The Hall–Kier alpha value is -1.30. The molecule has 112 valence electrons. The summed E-state index contributed by atoms with van der Waals surface area (Å²) >= 11 is 0. The first-order chi connectivity index (χ1) is 9.52. The van der Waals surface area contributed by atoms with E-state index in [0.717, 1.165) is 24.2 Å². The lowest BCUT2D eigenvalue weighted by atomic mass is 10.1. The number of nitrogens with one attached hydrogen (secondary N) is 1. The van der Waals surface area contributed by atoms with Crippen LogP contribution >= 0.6 is 0 Å². The highest BCUT2D eigenvalue weighted by Crippen LogP contribution is 2.30. The van der Waals surface area contributed by atoms with E-state index in [4.69, 9.17) is 0 Å². The van der Waals surface area contributed by atoms with Crippen LogP contribution in [-0.2, 0) is 0 Å². The summed E-state index contributed by atoms with van der Waals surface area (Å²) in [5.74, 6) is 0.245. The van der Waals surface area contributed by atoms with E-state index in [9.17, 15) is 15.3 Å². The molecule has 1 saturated heterocycles. The fourth-order valence-electron chi connectivity index (χ4n) is 2.55. The molecule has 4 N–H and O–H groups in total. The van der Waals surface area contributed by atoms with Gasteiger partial charge in [0.15, 0.2) is 0 Å². The molecule has 1 heterocycles. The number of aliphatic hydroxyl groups is 2. The number of benzene rings is 1. The molecule has 0 aliphatic carbocycles. The average molecular weight is 280 g/mol. The van der Waals surface area contributed by atoms with Crippen molar-refractivity contribution in [3.8, 4) is 5.75 Å². The van der Waals surface area contributed by atoms with Gasteiger partial charge in [0, 0.05) is 36.4 Å². The van der Waals surface area contributed by atoms with E-state index in [1.54, 1.807) is 6.07 Å². The van der Waals surface area contributed by atoms with Gasteiger partial charge >= 0.3 is 0 Å². The fraction of sp³-hybridized carbons (Fsp3) is 0.600. The van der Waals surface area contributed by atoms with Crippen LogP contribution in [0, 0.1) is 0 Å². The van der Waals surface area contributed by atoms with Gasteiger partial charge in [-0.15, -0.1) is 0 Å². The molecule has 1 aliphatic heterocycles. The molecule has 0 spiro atoms. The van der Waals surface area contributed by atoms with Crippen LogP contribution in [0.5, 0.6) is 5.75 Å². The van der Waals surface area contributed by atoms with Crippen molar-refractivity contribution in [3.63, 3.8) is 0 Å². The van der Waals surface area contributed by atoms with Gasteiger partial charge in [-0.2, -0.15) is 0 Å². The number of aliphatic hydroxyl groups excluding tert-OH is 2. The van der Waals surface area contributed by atoms with Crippen LogP contribution in [0.25, 0.3) is 0 Å². The summed E-state index contributed by atoms with van der Waals surface area (Å²) < 4.78 is 0. The van der Waals surface area contributed by atoms with E-state index in [1.807, 2.05) is 24.0 Å². The van der Waals surface area contributed by atoms with Crippen LogP contribution in [0.15, 0.2) is 18.2 Å². The van der Waals surface area contributed by atoms with Crippen LogP contribution in [0.4, 0.5) is 5.69 Å². The van der Waals surface area contributed by atoms with Gasteiger partial charge in [-0.3, -0.25) is 0 Å². The number of phenols is 1. The van der Waals surface area contributed by atoms with Crippen molar-refractivity contribution in [1.29, 1.82) is 0 Å². The van der Waals surface area contributed by atoms with E-state index in [0.29, 0.717) is 13.1 Å². The molecule has 5 nitrogen and oxygen atoms in total. The van der Waals surface area contributed by atoms with Crippen LogP contribution in [-0.4, -0.2) is 47.2 Å². The van der Waals surface area contributed by atoms with Crippen molar-refractivity contribution in [1.82, 2.24) is 5.32 Å². The standard InChI is InChI=1S/C15H24N2O3/c1-3-6-16-10(2)12-5-4-11(7-13(12)18)17-8-14(19)15(20)9-17/h4-5,7,10,14-16,18-20H,3,6,8-9H2,1-2H3. The molecule has 0 amide bonds. The third-order valence-corrected chi connectivity index (χ3v) is 3.81. The van der Waals surface area contributed by atoms with Crippen molar-refractivity contribution in [2.45, 2.75) is 38.5 Å². The zero-order valence-electron chi connectivity index (χ0n) is 12.1. The lowest BCUT2D eigenvalue weighted by Gasteiger charge is -2.21. The molecule has 5 heteroatoms. The van der Waals surface area contributed by atoms with Gasteiger partial charge in [-0.05, 0) is 26.0 Å². The van der Waals surface area contributed by atoms with Crippen molar-refractivity contribution in [2.75, 3.05) is 24.5 Å². The minimum atomic E-state index is -0.720. The number of hydrogen-bond acceptors (Lipinski definition) is 5. The van der Waals surface area contributed by atoms with Crippen molar-refractivity contribution in [3.05, 3.63) is 23.8 Å². The van der Waals surface area contributed by atoms with Crippen molar-refractivity contribution in [2.24, 2.45) is 0 Å². The molecule has 20 heavy (non-hydrogen) atoms. The molecule has 0 aromatic heterocycles. The Morgan fingerprint density at radius 3 is 2.50 bits per heavy atom. The zero-order valence-corrected chi connectivity index (χ0v) is 12.1. The van der Waals surface area contributed by atoms with Gasteiger partial charge in [0.05, 0.1) is 12.2 Å². The number of hydrogen-bond donors (Lipinski definition) is 4. The third-order valence-electron chi connectivity index (χ3n) is 3.81. The maximum atomic E-state index is 10.2. The maximum Gasteiger partial charge on any atom is 0.122 e. The second-order valence-electron chi connectivity index (χ2n) is 5.46. The molecular weight excluding hydrogens is 256 g/mol. The summed E-state index contributed by atoms with van der Waals surface area (Å²) in [5, 5.41) is 32.6. The molecule has 2 rings (SSSR count). The maximum absolute atomic E-state index is 10.2. The van der Waals surface area contributed by atoms with E-state index in [2.05, 4.69) is 12.2 Å². The first kappa shape index (κ1) is 15.1. The van der Waals surface area contributed by atoms with Gasteiger partial charge in [0.1, 0.15) is 5.75 Å². The van der Waals surface area contributed by atoms with Crippen LogP contribution < -0.4 is 10.2 Å². The lowest BCUT2D eigenvalue weighted by molar-refractivity contribution is 0.0572. The van der Waals surface area contributed by atoms with E-state index in [1.165, 1.54) is 0 Å². The van der Waals surface area contributed by atoms with E-state index < -0.39 is 12.2 Å². The SMILES string of the molecule is CCCNC(C)c1ccc(N2CC(O)C(O)C2)cc1O. The van der Waals surface area contributed by atoms with Gasteiger partial charge < -0.3 is 25.5 Å². The van der Waals surface area contributed by atoms with Gasteiger partial charge in [0.25, 0.3) is 0 Å². The van der Waals surface area contributed by atoms with E-state index in [-0.39, 0.29) is 11.8 Å². The normalized spacial score (nSPS) is 24.1. The molecule has 1 fully saturated rings. The quantitative estimate of drug-likeness (QED) is 0.647. The minimum absolute atomic E-state index is 0.0961. The number of β-amino-alcohol motifs (C(OH)–C–C–N with tert-alkyl or cyclic N) is 2. The Morgan fingerprint density at radius 1 is 1.30 bits per heavy atom. The molecule has 1 aromatic rings. The minimum Gasteiger partial charge on any atom is -0.508 e. The number of aromatic hydroxyl groups is 1. The summed E-state index contributed by atoms with van der Waals surface area (Å²) in [6, 6.07) is 5.61. The Kier molecular flexibility index (Phi) is 4.86. The Balaban J connectivity index is 2.10. The summed E-state index contributed by atoms with van der Waals surface area (Å²) in [5.41, 5.74) is 1.69.